The second-order valence-corrected chi connectivity index (χ2v) is 7.81. The SMILES string of the molecule is O[C@H](CSc1nnnn1-c1ccccc1)Cn1c2ccccc2c2ccccc21. The van der Waals surface area contributed by atoms with Gasteiger partial charge in [-0.05, 0) is 34.7 Å². The Hall–Kier alpha value is -3.16. The molecule has 0 bridgehead atoms. The molecule has 0 aliphatic rings. The molecule has 2 heterocycles. The Morgan fingerprint density at radius 2 is 1.45 bits per heavy atom. The smallest absolute Gasteiger partial charge is 0.214 e. The van der Waals surface area contributed by atoms with Gasteiger partial charge in [0.25, 0.3) is 0 Å². The molecule has 29 heavy (non-hydrogen) atoms. The molecule has 0 fully saturated rings. The van der Waals surface area contributed by atoms with Crippen LogP contribution in [0.4, 0.5) is 0 Å². The maximum Gasteiger partial charge on any atom is 0.214 e. The monoisotopic (exact) mass is 401 g/mol. The number of para-hydroxylation sites is 3. The van der Waals surface area contributed by atoms with Crippen molar-refractivity contribution >= 4 is 33.6 Å². The van der Waals surface area contributed by atoms with E-state index < -0.39 is 6.10 Å². The van der Waals surface area contributed by atoms with Crippen molar-refractivity contribution in [1.82, 2.24) is 24.8 Å². The highest BCUT2D eigenvalue weighted by atomic mass is 32.2. The van der Waals surface area contributed by atoms with Crippen LogP contribution in [0.5, 0.6) is 0 Å². The van der Waals surface area contributed by atoms with Crippen LogP contribution in [-0.2, 0) is 6.54 Å². The number of hydrogen-bond donors (Lipinski definition) is 1. The Labute approximate surface area is 171 Å². The molecule has 0 saturated carbocycles. The molecule has 2 aromatic heterocycles. The van der Waals surface area contributed by atoms with Crippen LogP contribution in [0.2, 0.25) is 0 Å². The van der Waals surface area contributed by atoms with Gasteiger partial charge >= 0.3 is 0 Å². The first-order valence-corrected chi connectivity index (χ1v) is 10.4. The lowest BCUT2D eigenvalue weighted by Gasteiger charge is -2.13. The molecule has 0 aliphatic carbocycles. The molecule has 5 aromatic rings. The van der Waals surface area contributed by atoms with E-state index >= 15 is 0 Å². The molecule has 0 radical (unpaired) electrons. The summed E-state index contributed by atoms with van der Waals surface area (Å²) in [6.07, 6.45) is -0.542. The number of thioether (sulfide) groups is 1. The lowest BCUT2D eigenvalue weighted by molar-refractivity contribution is 0.181. The third-order valence-corrected chi connectivity index (χ3v) is 5.98. The number of rotatable bonds is 6. The van der Waals surface area contributed by atoms with Gasteiger partial charge in [-0.25, -0.2) is 0 Å². The summed E-state index contributed by atoms with van der Waals surface area (Å²) in [5.74, 6) is 0.494. The highest BCUT2D eigenvalue weighted by molar-refractivity contribution is 7.99. The van der Waals surface area contributed by atoms with Gasteiger partial charge in [0.1, 0.15) is 0 Å². The predicted molar refractivity (Wildman–Crippen MR) is 115 cm³/mol. The zero-order valence-electron chi connectivity index (χ0n) is 15.6. The minimum atomic E-state index is -0.542. The fraction of sp³-hybridized carbons (Fsp3) is 0.136. The normalized spacial score (nSPS) is 12.6. The Bertz CT molecular complexity index is 1210. The zero-order valence-corrected chi connectivity index (χ0v) is 16.4. The summed E-state index contributed by atoms with van der Waals surface area (Å²) in [6, 6.07) is 26.4. The van der Waals surface area contributed by atoms with Crippen LogP contribution in [0.1, 0.15) is 0 Å². The average molecular weight is 401 g/mol. The molecule has 0 aliphatic heterocycles. The number of benzene rings is 3. The third-order valence-electron chi connectivity index (χ3n) is 4.92. The molecule has 1 atom stereocenters. The van der Waals surface area contributed by atoms with Crippen LogP contribution >= 0.6 is 11.8 Å². The lowest BCUT2D eigenvalue weighted by Crippen LogP contribution is -2.18. The van der Waals surface area contributed by atoms with Crippen molar-refractivity contribution in [3.05, 3.63) is 78.9 Å². The maximum absolute atomic E-state index is 10.8. The summed E-state index contributed by atoms with van der Waals surface area (Å²) in [6.45, 7) is 0.508. The summed E-state index contributed by atoms with van der Waals surface area (Å²) >= 11 is 1.45. The molecule has 144 valence electrons. The van der Waals surface area contributed by atoms with Gasteiger partial charge in [0, 0.05) is 27.6 Å². The van der Waals surface area contributed by atoms with Gasteiger partial charge in [0.15, 0.2) is 0 Å². The fourth-order valence-electron chi connectivity index (χ4n) is 3.63. The molecule has 7 heteroatoms. The number of aliphatic hydroxyl groups excluding tert-OH is 1. The summed E-state index contributed by atoms with van der Waals surface area (Å²) in [5.41, 5.74) is 3.16. The van der Waals surface area contributed by atoms with E-state index in [1.807, 2.05) is 42.5 Å². The van der Waals surface area contributed by atoms with Gasteiger partial charge < -0.3 is 9.67 Å². The number of fused-ring (bicyclic) bond motifs is 3. The number of aliphatic hydroxyl groups is 1. The van der Waals surface area contributed by atoms with Crippen LogP contribution in [0, 0.1) is 0 Å². The number of tetrazole rings is 1. The molecule has 0 amide bonds. The highest BCUT2D eigenvalue weighted by Crippen LogP contribution is 2.29. The van der Waals surface area contributed by atoms with E-state index in [1.54, 1.807) is 4.68 Å². The van der Waals surface area contributed by atoms with E-state index in [4.69, 9.17) is 0 Å². The van der Waals surface area contributed by atoms with Crippen molar-refractivity contribution in [2.45, 2.75) is 17.8 Å². The summed E-state index contributed by atoms with van der Waals surface area (Å²) < 4.78 is 3.88. The van der Waals surface area contributed by atoms with Gasteiger partial charge in [-0.15, -0.1) is 5.10 Å². The van der Waals surface area contributed by atoms with Crippen molar-refractivity contribution in [1.29, 1.82) is 0 Å². The van der Waals surface area contributed by atoms with Gasteiger partial charge in [0.05, 0.1) is 18.3 Å². The third kappa shape index (κ3) is 3.39. The van der Waals surface area contributed by atoms with Gasteiger partial charge in [-0.3, -0.25) is 0 Å². The largest absolute Gasteiger partial charge is 0.390 e. The topological polar surface area (TPSA) is 68.8 Å². The second kappa shape index (κ2) is 7.69. The molecule has 0 unspecified atom stereocenters. The Morgan fingerprint density at radius 3 is 2.14 bits per heavy atom. The summed E-state index contributed by atoms with van der Waals surface area (Å²) in [7, 11) is 0. The molecular formula is C22H19N5OS. The van der Waals surface area contributed by atoms with Crippen LogP contribution in [0.15, 0.2) is 84.0 Å². The van der Waals surface area contributed by atoms with Gasteiger partial charge in [-0.2, -0.15) is 4.68 Å². The molecule has 0 spiro atoms. The minimum Gasteiger partial charge on any atom is -0.390 e. The van der Waals surface area contributed by atoms with Crippen LogP contribution in [0.3, 0.4) is 0 Å². The predicted octanol–water partition coefficient (Wildman–Crippen LogP) is 3.92. The summed E-state index contributed by atoms with van der Waals surface area (Å²) in [4.78, 5) is 0. The van der Waals surface area contributed by atoms with Crippen LogP contribution < -0.4 is 0 Å². The Balaban J connectivity index is 1.37. The molecular weight excluding hydrogens is 382 g/mol. The number of nitrogens with zero attached hydrogens (tertiary/aromatic N) is 5. The molecule has 0 saturated heterocycles. The molecule has 6 nitrogen and oxygen atoms in total. The maximum atomic E-state index is 10.8. The first-order valence-electron chi connectivity index (χ1n) is 9.42. The fourth-order valence-corrected chi connectivity index (χ4v) is 4.44. The van der Waals surface area contributed by atoms with Crippen LogP contribution in [-0.4, -0.2) is 41.7 Å². The van der Waals surface area contributed by atoms with E-state index in [0.717, 1.165) is 16.7 Å². The van der Waals surface area contributed by atoms with Crippen molar-refractivity contribution in [3.8, 4) is 5.69 Å². The quantitative estimate of drug-likeness (QED) is 0.437. The van der Waals surface area contributed by atoms with Crippen molar-refractivity contribution in [2.24, 2.45) is 0 Å². The highest BCUT2D eigenvalue weighted by Gasteiger charge is 2.16. The molecule has 5 rings (SSSR count). The van der Waals surface area contributed by atoms with E-state index in [9.17, 15) is 5.11 Å². The van der Waals surface area contributed by atoms with Crippen molar-refractivity contribution in [2.75, 3.05) is 5.75 Å². The zero-order chi connectivity index (χ0) is 19.6. The van der Waals surface area contributed by atoms with Gasteiger partial charge in [-0.1, -0.05) is 66.4 Å². The van der Waals surface area contributed by atoms with E-state index in [1.165, 1.54) is 22.5 Å². The minimum absolute atomic E-state index is 0.494. The lowest BCUT2D eigenvalue weighted by atomic mass is 10.2. The standard InChI is InChI=1S/C22H19N5OS/c28-17(15-29-22-23-24-25-27(22)16-8-2-1-3-9-16)14-26-20-12-6-4-10-18(20)19-11-5-7-13-21(19)26/h1-13,17,28H,14-15H2/t17-/m0/s1. The van der Waals surface area contributed by atoms with E-state index in [0.29, 0.717) is 17.5 Å². The first-order chi connectivity index (χ1) is 14.3. The van der Waals surface area contributed by atoms with E-state index in [-0.39, 0.29) is 0 Å². The Morgan fingerprint density at radius 1 is 0.828 bits per heavy atom. The Kier molecular flexibility index (Phi) is 4.75. The van der Waals surface area contributed by atoms with Crippen molar-refractivity contribution < 1.29 is 5.11 Å². The van der Waals surface area contributed by atoms with E-state index in [2.05, 4.69) is 56.5 Å². The second-order valence-electron chi connectivity index (χ2n) is 6.82. The van der Waals surface area contributed by atoms with Gasteiger partial charge in [0.2, 0.25) is 5.16 Å². The molecule has 3 aromatic carbocycles. The van der Waals surface area contributed by atoms with Crippen molar-refractivity contribution in [3.63, 3.8) is 0 Å². The van der Waals surface area contributed by atoms with Crippen LogP contribution in [0.25, 0.3) is 27.5 Å². The number of aromatic nitrogens is 5. The average Bonchev–Trinajstić information content (AvgIpc) is 3.37. The summed E-state index contributed by atoms with van der Waals surface area (Å²) in [5, 5.41) is 25.8. The number of hydrogen-bond acceptors (Lipinski definition) is 5. The first kappa shape index (κ1) is 17.9. The molecule has 1 N–H and O–H groups in total.